The van der Waals surface area contributed by atoms with Crippen molar-refractivity contribution in [3.8, 4) is 11.3 Å². The van der Waals surface area contributed by atoms with Crippen molar-refractivity contribution in [2.75, 3.05) is 5.32 Å². The van der Waals surface area contributed by atoms with Crippen molar-refractivity contribution >= 4 is 45.5 Å². The van der Waals surface area contributed by atoms with Crippen LogP contribution in [0.1, 0.15) is 11.4 Å². The summed E-state index contributed by atoms with van der Waals surface area (Å²) in [5.74, 6) is 1.12. The van der Waals surface area contributed by atoms with Crippen molar-refractivity contribution in [1.82, 2.24) is 34.6 Å². The molecule has 4 heterocycles. The Morgan fingerprint density at radius 2 is 2.14 bits per heavy atom. The molecule has 12 heteroatoms. The Kier molecular flexibility index (Phi) is 5.45. The quantitative estimate of drug-likeness (QED) is 0.313. The van der Waals surface area contributed by atoms with Gasteiger partial charge in [-0.3, -0.25) is 4.21 Å². The second kappa shape index (κ2) is 8.17. The molecule has 1 atom stereocenters. The lowest BCUT2D eigenvalue weighted by Gasteiger charge is -2.13. The Labute approximate surface area is 172 Å². The smallest absolute Gasteiger partial charge is 0.181 e. The lowest BCUT2D eigenvalue weighted by atomic mass is 10.1. The van der Waals surface area contributed by atoms with Crippen LogP contribution in [0.25, 0.3) is 22.4 Å². The number of anilines is 2. The second-order valence-corrected chi connectivity index (χ2v) is 7.09. The van der Waals surface area contributed by atoms with E-state index in [1.807, 2.05) is 6.07 Å². The Balaban J connectivity index is 1.72. The highest BCUT2D eigenvalue weighted by molar-refractivity contribution is 7.77. The number of nitrogens with zero attached hydrogens (tertiary/aromatic N) is 5. The maximum Gasteiger partial charge on any atom is 0.181 e. The SMILES string of the molecule is Cc1nc(-c2cccnc2Nc2cnc(Cl)c(CNS(=O)[O-])c2)c2[nH]cnc2n1. The van der Waals surface area contributed by atoms with Crippen LogP contribution in [0.5, 0.6) is 0 Å². The molecule has 3 N–H and O–H groups in total. The fourth-order valence-electron chi connectivity index (χ4n) is 2.79. The van der Waals surface area contributed by atoms with E-state index in [1.165, 1.54) is 6.20 Å². The van der Waals surface area contributed by atoms with Crippen LogP contribution in [0.2, 0.25) is 5.15 Å². The summed E-state index contributed by atoms with van der Waals surface area (Å²) in [5.41, 5.74) is 3.77. The standard InChI is InChI=1S/C17H15ClN8O2S/c1-9-24-13(14-17(25-9)22-8-21-14)12-3-2-4-19-16(12)26-11-5-10(6-23-29(27)28)15(18)20-7-11/h2-5,7-8,23H,6H2,1H3,(H,19,26)(H,27,28)(H,21,22,24,25)/p-1. The van der Waals surface area contributed by atoms with E-state index >= 15 is 0 Å². The summed E-state index contributed by atoms with van der Waals surface area (Å²) in [5, 5.41) is 3.40. The van der Waals surface area contributed by atoms with Crippen molar-refractivity contribution in [3.63, 3.8) is 0 Å². The van der Waals surface area contributed by atoms with Crippen LogP contribution in [-0.2, 0) is 17.8 Å². The number of aromatic amines is 1. The summed E-state index contributed by atoms with van der Waals surface area (Å²) in [6.07, 6.45) is 4.75. The molecule has 0 aliphatic heterocycles. The molecule has 148 valence electrons. The van der Waals surface area contributed by atoms with E-state index in [0.717, 1.165) is 5.56 Å². The minimum atomic E-state index is -2.40. The van der Waals surface area contributed by atoms with Gasteiger partial charge in [-0.2, -0.15) is 0 Å². The monoisotopic (exact) mass is 429 g/mol. The highest BCUT2D eigenvalue weighted by Crippen LogP contribution is 2.31. The molecule has 1 unspecified atom stereocenters. The lowest BCUT2D eigenvalue weighted by molar-refractivity contribution is 0.522. The highest BCUT2D eigenvalue weighted by Gasteiger charge is 2.15. The average molecular weight is 430 g/mol. The number of rotatable bonds is 6. The number of hydrogen-bond acceptors (Lipinski definition) is 8. The molecule has 0 fully saturated rings. The topological polar surface area (TPSA) is 144 Å². The Morgan fingerprint density at radius 1 is 1.28 bits per heavy atom. The van der Waals surface area contributed by atoms with Crippen LogP contribution in [0.4, 0.5) is 11.5 Å². The van der Waals surface area contributed by atoms with Crippen LogP contribution >= 0.6 is 11.6 Å². The van der Waals surface area contributed by atoms with Crippen molar-refractivity contribution < 1.29 is 8.76 Å². The molecule has 4 aromatic rings. The normalized spacial score (nSPS) is 12.2. The molecule has 0 saturated carbocycles. The fraction of sp³-hybridized carbons (Fsp3) is 0.118. The van der Waals surface area contributed by atoms with Gasteiger partial charge in [0.15, 0.2) is 5.65 Å². The van der Waals surface area contributed by atoms with E-state index in [4.69, 9.17) is 11.6 Å². The van der Waals surface area contributed by atoms with Gasteiger partial charge in [-0.15, -0.1) is 0 Å². The summed E-state index contributed by atoms with van der Waals surface area (Å²) < 4.78 is 23.8. The molecule has 4 rings (SSSR count). The van der Waals surface area contributed by atoms with Crippen molar-refractivity contribution in [3.05, 3.63) is 53.5 Å². The minimum absolute atomic E-state index is 0.0202. The molecule has 0 aliphatic rings. The molecule has 0 radical (unpaired) electrons. The first-order chi connectivity index (χ1) is 14.0. The summed E-state index contributed by atoms with van der Waals surface area (Å²) >= 11 is 3.65. The number of pyridine rings is 2. The molecule has 4 aromatic heterocycles. The van der Waals surface area contributed by atoms with Gasteiger partial charge >= 0.3 is 0 Å². The van der Waals surface area contributed by atoms with Gasteiger partial charge in [0.05, 0.1) is 18.2 Å². The molecule has 0 bridgehead atoms. The van der Waals surface area contributed by atoms with Crippen molar-refractivity contribution in [2.24, 2.45) is 0 Å². The van der Waals surface area contributed by atoms with E-state index < -0.39 is 11.3 Å². The van der Waals surface area contributed by atoms with E-state index in [9.17, 15) is 8.76 Å². The second-order valence-electron chi connectivity index (χ2n) is 5.97. The van der Waals surface area contributed by atoms with Gasteiger partial charge < -0.3 is 14.9 Å². The first-order valence-electron chi connectivity index (χ1n) is 8.38. The van der Waals surface area contributed by atoms with Crippen LogP contribution in [0.15, 0.2) is 36.9 Å². The largest absolute Gasteiger partial charge is 0.760 e. The van der Waals surface area contributed by atoms with E-state index in [0.29, 0.717) is 39.8 Å². The zero-order valence-corrected chi connectivity index (χ0v) is 16.6. The maximum atomic E-state index is 10.8. The van der Waals surface area contributed by atoms with Crippen LogP contribution < -0.4 is 10.0 Å². The Bertz CT molecular complexity index is 1220. The number of hydrogen-bond donors (Lipinski definition) is 3. The third-order valence-corrected chi connectivity index (χ3v) is 4.74. The third kappa shape index (κ3) is 4.22. The Morgan fingerprint density at radius 3 is 2.97 bits per heavy atom. The molecule has 0 amide bonds. The van der Waals surface area contributed by atoms with Gasteiger partial charge in [-0.05, 0) is 25.1 Å². The zero-order chi connectivity index (χ0) is 20.4. The van der Waals surface area contributed by atoms with Crippen molar-refractivity contribution in [1.29, 1.82) is 0 Å². The molecular weight excluding hydrogens is 416 g/mol. The molecule has 0 aliphatic carbocycles. The van der Waals surface area contributed by atoms with E-state index in [1.54, 1.807) is 31.6 Å². The summed E-state index contributed by atoms with van der Waals surface area (Å²) in [7, 11) is 0. The predicted octanol–water partition coefficient (Wildman–Crippen LogP) is 2.40. The maximum absolute atomic E-state index is 10.8. The average Bonchev–Trinajstić information content (AvgIpc) is 3.16. The summed E-state index contributed by atoms with van der Waals surface area (Å²) in [6, 6.07) is 5.38. The number of H-pyrrole nitrogens is 1. The molecular formula is C17H14ClN8O2S-. The van der Waals surface area contributed by atoms with Gasteiger partial charge in [0.1, 0.15) is 28.0 Å². The van der Waals surface area contributed by atoms with Gasteiger partial charge in [-0.1, -0.05) is 11.6 Å². The number of fused-ring (bicyclic) bond motifs is 1. The number of imidazole rings is 1. The van der Waals surface area contributed by atoms with E-state index in [-0.39, 0.29) is 11.7 Å². The predicted molar refractivity (Wildman–Crippen MR) is 108 cm³/mol. The van der Waals surface area contributed by atoms with Crippen LogP contribution in [0.3, 0.4) is 0 Å². The number of aromatic nitrogens is 6. The van der Waals surface area contributed by atoms with Crippen LogP contribution in [0, 0.1) is 6.92 Å². The van der Waals surface area contributed by atoms with Gasteiger partial charge in [0.25, 0.3) is 0 Å². The first kappa shape index (κ1) is 19.3. The number of halogens is 1. The summed E-state index contributed by atoms with van der Waals surface area (Å²) in [6.45, 7) is 1.82. The third-order valence-electron chi connectivity index (χ3n) is 4.02. The molecule has 0 saturated heterocycles. The van der Waals surface area contributed by atoms with Gasteiger partial charge in [0.2, 0.25) is 0 Å². The van der Waals surface area contributed by atoms with Gasteiger partial charge in [-0.25, -0.2) is 29.6 Å². The summed E-state index contributed by atoms with van der Waals surface area (Å²) in [4.78, 5) is 24.7. The lowest BCUT2D eigenvalue weighted by Crippen LogP contribution is -2.16. The Hall–Kier alpha value is -2.99. The number of nitrogens with one attached hydrogen (secondary N) is 3. The first-order valence-corrected chi connectivity index (χ1v) is 9.84. The molecule has 0 aromatic carbocycles. The highest BCUT2D eigenvalue weighted by atomic mass is 35.5. The minimum Gasteiger partial charge on any atom is -0.760 e. The zero-order valence-electron chi connectivity index (χ0n) is 15.0. The van der Waals surface area contributed by atoms with Crippen LogP contribution in [-0.4, -0.2) is 38.7 Å². The van der Waals surface area contributed by atoms with Gasteiger partial charge in [0, 0.05) is 35.1 Å². The number of aryl methyl sites for hydroxylation is 1. The molecule has 29 heavy (non-hydrogen) atoms. The molecule has 0 spiro atoms. The van der Waals surface area contributed by atoms with Crippen molar-refractivity contribution in [2.45, 2.75) is 13.5 Å². The fourth-order valence-corrected chi connectivity index (χ4v) is 3.24. The molecule has 10 nitrogen and oxygen atoms in total. The van der Waals surface area contributed by atoms with E-state index in [2.05, 4.69) is 39.9 Å².